The zero-order valence-corrected chi connectivity index (χ0v) is 10.9. The third-order valence-electron chi connectivity index (χ3n) is 3.38. The maximum absolute atomic E-state index is 13.1. The van der Waals surface area contributed by atoms with Gasteiger partial charge in [0.15, 0.2) is 11.6 Å². The van der Waals surface area contributed by atoms with Gasteiger partial charge in [0.25, 0.3) is 0 Å². The second-order valence-corrected chi connectivity index (χ2v) is 4.97. The number of carbonyl (C=O) groups is 1. The number of hydrogen-bond donors (Lipinski definition) is 0. The molecule has 19 heavy (non-hydrogen) atoms. The Morgan fingerprint density at radius 3 is 2.79 bits per heavy atom. The molecule has 0 radical (unpaired) electrons. The van der Waals surface area contributed by atoms with Gasteiger partial charge in [0.05, 0.1) is 0 Å². The maximum Gasteiger partial charge on any atom is 0.223 e. The summed E-state index contributed by atoms with van der Waals surface area (Å²) in [6.45, 7) is 0.298. The Bertz CT molecular complexity index is 499. The number of benzene rings is 1. The summed E-state index contributed by atoms with van der Waals surface area (Å²) in [4.78, 5) is 13.5. The lowest BCUT2D eigenvalue weighted by atomic mass is 10.0. The van der Waals surface area contributed by atoms with E-state index in [1.54, 1.807) is 11.9 Å². The number of nitrogens with zero attached hydrogens (tertiary/aromatic N) is 1. The molecule has 0 saturated heterocycles. The zero-order valence-electron chi connectivity index (χ0n) is 10.9. The van der Waals surface area contributed by atoms with Crippen LogP contribution in [0.15, 0.2) is 30.4 Å². The van der Waals surface area contributed by atoms with Crippen molar-refractivity contribution in [1.29, 1.82) is 0 Å². The predicted molar refractivity (Wildman–Crippen MR) is 69.3 cm³/mol. The van der Waals surface area contributed by atoms with E-state index in [0.717, 1.165) is 25.0 Å². The molecule has 0 spiro atoms. The van der Waals surface area contributed by atoms with E-state index in [1.165, 1.54) is 6.07 Å². The van der Waals surface area contributed by atoms with Gasteiger partial charge < -0.3 is 4.90 Å². The van der Waals surface area contributed by atoms with Crippen LogP contribution in [-0.4, -0.2) is 17.9 Å². The molecule has 0 saturated carbocycles. The summed E-state index contributed by atoms with van der Waals surface area (Å²) in [5.41, 5.74) is 0.594. The molecule has 102 valence electrons. The Morgan fingerprint density at radius 2 is 2.16 bits per heavy atom. The highest BCUT2D eigenvalue weighted by Crippen LogP contribution is 2.21. The maximum atomic E-state index is 13.1. The average Bonchev–Trinajstić information content (AvgIpc) is 2.86. The standard InChI is InChI=1S/C15H17F2NO/c1-18(15(19)9-11-4-2-3-5-11)10-12-6-7-13(16)14(17)8-12/h2,4,6-8,11H,3,5,9-10H2,1H3/t11-/m1/s1. The summed E-state index contributed by atoms with van der Waals surface area (Å²) in [7, 11) is 1.68. The summed E-state index contributed by atoms with van der Waals surface area (Å²) >= 11 is 0. The number of allylic oxidation sites excluding steroid dienone is 2. The van der Waals surface area contributed by atoms with E-state index in [2.05, 4.69) is 12.2 Å². The zero-order chi connectivity index (χ0) is 13.8. The van der Waals surface area contributed by atoms with Crippen LogP contribution in [0.1, 0.15) is 24.8 Å². The minimum atomic E-state index is -0.878. The van der Waals surface area contributed by atoms with Crippen molar-refractivity contribution in [2.75, 3.05) is 7.05 Å². The van der Waals surface area contributed by atoms with Crippen molar-refractivity contribution in [2.45, 2.75) is 25.8 Å². The van der Waals surface area contributed by atoms with E-state index in [9.17, 15) is 13.6 Å². The Kier molecular flexibility index (Phi) is 4.30. The number of rotatable bonds is 4. The lowest BCUT2D eigenvalue weighted by Crippen LogP contribution is -2.27. The van der Waals surface area contributed by atoms with Crippen LogP contribution in [-0.2, 0) is 11.3 Å². The summed E-state index contributed by atoms with van der Waals surface area (Å²) in [6.07, 6.45) is 6.70. The Balaban J connectivity index is 1.92. The molecule has 0 heterocycles. The lowest BCUT2D eigenvalue weighted by Gasteiger charge is -2.19. The molecule has 2 nitrogen and oxygen atoms in total. The molecular formula is C15H17F2NO. The molecular weight excluding hydrogens is 248 g/mol. The fraction of sp³-hybridized carbons (Fsp3) is 0.400. The molecule has 1 aliphatic rings. The van der Waals surface area contributed by atoms with Crippen molar-refractivity contribution in [3.8, 4) is 0 Å². The quantitative estimate of drug-likeness (QED) is 0.765. The second-order valence-electron chi connectivity index (χ2n) is 4.97. The van der Waals surface area contributed by atoms with Crippen molar-refractivity contribution < 1.29 is 13.6 Å². The number of hydrogen-bond acceptors (Lipinski definition) is 1. The number of carbonyl (C=O) groups excluding carboxylic acids is 1. The van der Waals surface area contributed by atoms with E-state index < -0.39 is 11.6 Å². The predicted octanol–water partition coefficient (Wildman–Crippen LogP) is 3.28. The van der Waals surface area contributed by atoms with Crippen LogP contribution in [0.2, 0.25) is 0 Å². The van der Waals surface area contributed by atoms with Crippen LogP contribution < -0.4 is 0 Å². The van der Waals surface area contributed by atoms with Crippen LogP contribution in [0.3, 0.4) is 0 Å². The second kappa shape index (κ2) is 5.95. The van der Waals surface area contributed by atoms with Gasteiger partial charge in [-0.2, -0.15) is 0 Å². The van der Waals surface area contributed by atoms with Gasteiger partial charge in [-0.25, -0.2) is 8.78 Å². The van der Waals surface area contributed by atoms with Crippen LogP contribution in [0, 0.1) is 17.6 Å². The summed E-state index contributed by atoms with van der Waals surface area (Å²) in [5.74, 6) is -1.40. The van der Waals surface area contributed by atoms with E-state index >= 15 is 0 Å². The Hall–Kier alpha value is -1.71. The molecule has 0 aliphatic heterocycles. The number of halogens is 2. The van der Waals surface area contributed by atoms with Gasteiger partial charge >= 0.3 is 0 Å². The van der Waals surface area contributed by atoms with E-state index in [-0.39, 0.29) is 5.91 Å². The van der Waals surface area contributed by atoms with Gasteiger partial charge in [-0.15, -0.1) is 0 Å². The first-order valence-electron chi connectivity index (χ1n) is 6.41. The third kappa shape index (κ3) is 3.63. The van der Waals surface area contributed by atoms with Gasteiger partial charge in [0, 0.05) is 20.0 Å². The highest BCUT2D eigenvalue weighted by atomic mass is 19.2. The van der Waals surface area contributed by atoms with Crippen molar-refractivity contribution in [1.82, 2.24) is 4.90 Å². The smallest absolute Gasteiger partial charge is 0.223 e. The minimum absolute atomic E-state index is 0.0290. The summed E-state index contributed by atoms with van der Waals surface area (Å²) in [6, 6.07) is 3.72. The van der Waals surface area contributed by atoms with Crippen molar-refractivity contribution >= 4 is 5.91 Å². The highest BCUT2D eigenvalue weighted by Gasteiger charge is 2.17. The van der Waals surface area contributed by atoms with Gasteiger partial charge in [0.1, 0.15) is 0 Å². The minimum Gasteiger partial charge on any atom is -0.341 e. The first-order valence-corrected chi connectivity index (χ1v) is 6.41. The molecule has 0 bridgehead atoms. The van der Waals surface area contributed by atoms with Crippen molar-refractivity contribution in [2.24, 2.45) is 5.92 Å². The highest BCUT2D eigenvalue weighted by molar-refractivity contribution is 5.76. The molecule has 4 heteroatoms. The van der Waals surface area contributed by atoms with E-state index in [4.69, 9.17) is 0 Å². The van der Waals surface area contributed by atoms with Crippen molar-refractivity contribution in [3.63, 3.8) is 0 Å². The average molecular weight is 265 g/mol. The molecule has 0 fully saturated rings. The fourth-order valence-electron chi connectivity index (χ4n) is 2.25. The molecule has 2 rings (SSSR count). The van der Waals surface area contributed by atoms with E-state index in [0.29, 0.717) is 24.4 Å². The molecule has 0 N–H and O–H groups in total. The molecule has 0 aromatic heterocycles. The lowest BCUT2D eigenvalue weighted by molar-refractivity contribution is -0.131. The third-order valence-corrected chi connectivity index (χ3v) is 3.38. The molecule has 1 atom stereocenters. The largest absolute Gasteiger partial charge is 0.341 e. The van der Waals surface area contributed by atoms with E-state index in [1.807, 2.05) is 0 Å². The molecule has 0 unspecified atom stereocenters. The summed E-state index contributed by atoms with van der Waals surface area (Å²) < 4.78 is 25.9. The molecule has 1 amide bonds. The van der Waals surface area contributed by atoms with Gasteiger partial charge in [0.2, 0.25) is 5.91 Å². The van der Waals surface area contributed by atoms with Crippen molar-refractivity contribution in [3.05, 3.63) is 47.5 Å². The summed E-state index contributed by atoms with van der Waals surface area (Å²) in [5, 5.41) is 0. The topological polar surface area (TPSA) is 20.3 Å². The first-order chi connectivity index (χ1) is 9.06. The normalized spacial score (nSPS) is 17.7. The Labute approximate surface area is 111 Å². The molecule has 1 aromatic rings. The Morgan fingerprint density at radius 1 is 1.37 bits per heavy atom. The van der Waals surface area contributed by atoms with Crippen LogP contribution in [0.4, 0.5) is 8.78 Å². The van der Waals surface area contributed by atoms with Gasteiger partial charge in [-0.05, 0) is 36.5 Å². The molecule has 1 aliphatic carbocycles. The van der Waals surface area contributed by atoms with Crippen LogP contribution >= 0.6 is 0 Å². The van der Waals surface area contributed by atoms with Gasteiger partial charge in [-0.3, -0.25) is 4.79 Å². The fourth-order valence-corrected chi connectivity index (χ4v) is 2.25. The molecule has 1 aromatic carbocycles. The number of amides is 1. The monoisotopic (exact) mass is 265 g/mol. The van der Waals surface area contributed by atoms with Crippen LogP contribution in [0.25, 0.3) is 0 Å². The van der Waals surface area contributed by atoms with Gasteiger partial charge in [-0.1, -0.05) is 18.2 Å². The SMILES string of the molecule is CN(Cc1ccc(F)c(F)c1)C(=O)C[C@@H]1C=CCC1. The van der Waals surface area contributed by atoms with Crippen LogP contribution in [0.5, 0.6) is 0 Å². The first kappa shape index (κ1) is 13.7.